The van der Waals surface area contributed by atoms with E-state index in [1.54, 1.807) is 6.08 Å². The van der Waals surface area contributed by atoms with E-state index >= 15 is 0 Å². The molecule has 0 spiro atoms. The first kappa shape index (κ1) is 41.7. The average Bonchev–Trinajstić information content (AvgIpc) is 3.02. The Bertz CT molecular complexity index is 761. The molecular formula is C36H67NO8. The van der Waals surface area contributed by atoms with Gasteiger partial charge < -0.3 is 40.3 Å². The lowest BCUT2D eigenvalue weighted by atomic mass is 9.99. The molecule has 9 nitrogen and oxygen atoms in total. The van der Waals surface area contributed by atoms with Gasteiger partial charge in [0.15, 0.2) is 6.29 Å². The highest BCUT2D eigenvalue weighted by Gasteiger charge is 2.44. The molecule has 1 aliphatic heterocycles. The third-order valence-corrected chi connectivity index (χ3v) is 8.56. The molecule has 0 bridgehead atoms. The first-order chi connectivity index (χ1) is 21.8. The van der Waals surface area contributed by atoms with Crippen molar-refractivity contribution in [2.75, 3.05) is 13.2 Å². The third kappa shape index (κ3) is 20.5. The molecule has 6 N–H and O–H groups in total. The van der Waals surface area contributed by atoms with Crippen LogP contribution >= 0.6 is 0 Å². The first-order valence-electron chi connectivity index (χ1n) is 18.0. The highest BCUT2D eigenvalue weighted by Crippen LogP contribution is 2.22. The number of amides is 1. The van der Waals surface area contributed by atoms with Crippen LogP contribution in [0.5, 0.6) is 0 Å². The van der Waals surface area contributed by atoms with Crippen LogP contribution in [0.25, 0.3) is 0 Å². The van der Waals surface area contributed by atoms with E-state index in [1.807, 2.05) is 6.08 Å². The van der Waals surface area contributed by atoms with Crippen molar-refractivity contribution in [3.63, 3.8) is 0 Å². The van der Waals surface area contributed by atoms with E-state index in [2.05, 4.69) is 24.4 Å². The number of ether oxygens (including phenoxy) is 2. The molecule has 7 unspecified atom stereocenters. The van der Waals surface area contributed by atoms with Crippen molar-refractivity contribution >= 4 is 5.91 Å². The van der Waals surface area contributed by atoms with Crippen LogP contribution in [-0.4, -0.2) is 87.5 Å². The van der Waals surface area contributed by atoms with E-state index in [-0.39, 0.29) is 12.5 Å². The molecule has 0 aliphatic carbocycles. The Morgan fingerprint density at radius 2 is 1.22 bits per heavy atom. The predicted octanol–water partition coefficient (Wildman–Crippen LogP) is 5.60. The summed E-state index contributed by atoms with van der Waals surface area (Å²) in [5.74, 6) is -0.364. The molecule has 264 valence electrons. The second-order valence-electron chi connectivity index (χ2n) is 12.8. The number of nitrogens with one attached hydrogen (secondary N) is 1. The monoisotopic (exact) mass is 641 g/mol. The Balaban J connectivity index is 2.08. The zero-order valence-corrected chi connectivity index (χ0v) is 28.4. The number of hydrogen-bond acceptors (Lipinski definition) is 8. The van der Waals surface area contributed by atoms with Crippen molar-refractivity contribution in [2.45, 2.75) is 185 Å². The summed E-state index contributed by atoms with van der Waals surface area (Å²) >= 11 is 0. The van der Waals surface area contributed by atoms with Crippen molar-refractivity contribution in [1.82, 2.24) is 5.32 Å². The standard InChI is InChI=1S/C36H67NO8/c1-3-4-5-6-7-8-9-10-11-12-13-14-15-16-17-18-19-20-21-22-23-24-25-26-31(40)30(37-29(2)39)28-44-36-35(43)34(42)33(41)32(27-38)45-36/h21-22,25-26,30-36,38,40-43H,3-20,23-24,27-28H2,1-2H3,(H,37,39)/b22-21+,26-25+. The van der Waals surface area contributed by atoms with Crippen LogP contribution in [-0.2, 0) is 14.3 Å². The summed E-state index contributed by atoms with van der Waals surface area (Å²) in [5.41, 5.74) is 0. The van der Waals surface area contributed by atoms with Crippen LogP contribution in [0.2, 0.25) is 0 Å². The predicted molar refractivity (Wildman–Crippen MR) is 180 cm³/mol. The molecule has 1 fully saturated rings. The highest BCUT2D eigenvalue weighted by molar-refractivity contribution is 5.73. The number of allylic oxidation sites excluding steroid dienone is 3. The fourth-order valence-electron chi connectivity index (χ4n) is 5.68. The van der Waals surface area contributed by atoms with E-state index in [1.165, 1.54) is 116 Å². The SMILES string of the molecule is CCCCCCCCCCCCCCCCCCC/C=C/CC/C=C/C(O)C(COC1OC(CO)C(O)C(O)C1O)NC(C)=O. The van der Waals surface area contributed by atoms with Gasteiger partial charge in [-0.15, -0.1) is 0 Å². The fraction of sp³-hybridized carbons (Fsp3) is 0.861. The van der Waals surface area contributed by atoms with E-state index in [0.717, 1.165) is 19.3 Å². The second kappa shape index (κ2) is 27.8. The molecule has 0 aromatic heterocycles. The first-order valence-corrected chi connectivity index (χ1v) is 18.0. The summed E-state index contributed by atoms with van der Waals surface area (Å²) in [4.78, 5) is 11.6. The summed E-state index contributed by atoms with van der Waals surface area (Å²) in [7, 11) is 0. The maximum atomic E-state index is 11.6. The lowest BCUT2D eigenvalue weighted by molar-refractivity contribution is -0.302. The molecule has 0 saturated carbocycles. The van der Waals surface area contributed by atoms with E-state index < -0.39 is 49.5 Å². The lowest BCUT2D eigenvalue weighted by Crippen LogP contribution is -2.60. The van der Waals surface area contributed by atoms with Crippen molar-refractivity contribution in [3.8, 4) is 0 Å². The molecule has 45 heavy (non-hydrogen) atoms. The number of aliphatic hydroxyl groups excluding tert-OH is 5. The van der Waals surface area contributed by atoms with Gasteiger partial charge in [0, 0.05) is 6.92 Å². The number of hydrogen-bond donors (Lipinski definition) is 6. The van der Waals surface area contributed by atoms with Crippen molar-refractivity contribution in [1.29, 1.82) is 0 Å². The minimum Gasteiger partial charge on any atom is -0.394 e. The van der Waals surface area contributed by atoms with Gasteiger partial charge in [-0.3, -0.25) is 4.79 Å². The third-order valence-electron chi connectivity index (χ3n) is 8.56. The minimum atomic E-state index is -1.56. The summed E-state index contributed by atoms with van der Waals surface area (Å²) in [6, 6.07) is -0.818. The largest absolute Gasteiger partial charge is 0.394 e. The van der Waals surface area contributed by atoms with Crippen LogP contribution < -0.4 is 5.32 Å². The quantitative estimate of drug-likeness (QED) is 0.0478. The maximum Gasteiger partial charge on any atom is 0.217 e. The van der Waals surface area contributed by atoms with Gasteiger partial charge in [-0.25, -0.2) is 0 Å². The van der Waals surface area contributed by atoms with Gasteiger partial charge >= 0.3 is 0 Å². The number of rotatable bonds is 28. The van der Waals surface area contributed by atoms with Gasteiger partial charge in [0.25, 0.3) is 0 Å². The van der Waals surface area contributed by atoms with Crippen molar-refractivity contribution in [3.05, 3.63) is 24.3 Å². The zero-order valence-electron chi connectivity index (χ0n) is 28.4. The topological polar surface area (TPSA) is 149 Å². The minimum absolute atomic E-state index is 0.215. The Morgan fingerprint density at radius 1 is 0.733 bits per heavy atom. The Morgan fingerprint density at radius 3 is 1.73 bits per heavy atom. The molecule has 1 saturated heterocycles. The van der Waals surface area contributed by atoms with Gasteiger partial charge in [0.1, 0.15) is 24.4 Å². The number of carbonyl (C=O) groups is 1. The molecule has 1 amide bonds. The van der Waals surface area contributed by atoms with Gasteiger partial charge in [-0.05, 0) is 25.7 Å². The van der Waals surface area contributed by atoms with Crippen LogP contribution in [0.4, 0.5) is 0 Å². The Kier molecular flexibility index (Phi) is 25.7. The summed E-state index contributed by atoms with van der Waals surface area (Å²) < 4.78 is 10.8. The lowest BCUT2D eigenvalue weighted by Gasteiger charge is -2.40. The molecule has 1 heterocycles. The summed E-state index contributed by atoms with van der Waals surface area (Å²) in [6.07, 6.45) is 25.9. The van der Waals surface area contributed by atoms with Crippen LogP contribution in [0.3, 0.4) is 0 Å². The molecule has 1 rings (SSSR count). The van der Waals surface area contributed by atoms with Crippen molar-refractivity contribution < 1.29 is 39.8 Å². The van der Waals surface area contributed by atoms with Crippen LogP contribution in [0, 0.1) is 0 Å². The van der Waals surface area contributed by atoms with Gasteiger partial charge in [-0.2, -0.15) is 0 Å². The molecule has 7 atom stereocenters. The molecule has 1 aliphatic rings. The second-order valence-corrected chi connectivity index (χ2v) is 12.8. The Hall–Kier alpha value is -1.33. The summed E-state index contributed by atoms with van der Waals surface area (Å²) in [6.45, 7) is 2.81. The maximum absolute atomic E-state index is 11.6. The Labute approximate surface area is 273 Å². The number of carbonyl (C=O) groups excluding carboxylic acids is 1. The normalized spacial score (nSPS) is 23.6. The van der Waals surface area contributed by atoms with Crippen LogP contribution in [0.15, 0.2) is 24.3 Å². The van der Waals surface area contributed by atoms with Gasteiger partial charge in [0.2, 0.25) is 5.91 Å². The average molecular weight is 642 g/mol. The van der Waals surface area contributed by atoms with E-state index in [4.69, 9.17) is 9.47 Å². The van der Waals surface area contributed by atoms with Gasteiger partial charge in [-0.1, -0.05) is 134 Å². The van der Waals surface area contributed by atoms with Crippen LogP contribution in [0.1, 0.15) is 142 Å². The number of unbranched alkanes of at least 4 members (excludes halogenated alkanes) is 18. The molecule has 0 aromatic rings. The van der Waals surface area contributed by atoms with Gasteiger partial charge in [0.05, 0.1) is 25.4 Å². The molecular weight excluding hydrogens is 574 g/mol. The number of aliphatic hydroxyl groups is 5. The molecule has 0 aromatic carbocycles. The summed E-state index contributed by atoms with van der Waals surface area (Å²) in [5, 5.41) is 52.5. The van der Waals surface area contributed by atoms with E-state index in [9.17, 15) is 30.3 Å². The molecule has 9 heteroatoms. The smallest absolute Gasteiger partial charge is 0.217 e. The zero-order chi connectivity index (χ0) is 33.1. The van der Waals surface area contributed by atoms with Crippen molar-refractivity contribution in [2.24, 2.45) is 0 Å². The fourth-order valence-corrected chi connectivity index (χ4v) is 5.68. The molecule has 0 radical (unpaired) electrons. The highest BCUT2D eigenvalue weighted by atomic mass is 16.7. The van der Waals surface area contributed by atoms with E-state index in [0.29, 0.717) is 0 Å².